The number of thiophene rings is 1. The van der Waals surface area contributed by atoms with Gasteiger partial charge < -0.3 is 9.32 Å². The van der Waals surface area contributed by atoms with Crippen LogP contribution in [-0.2, 0) is 13.1 Å². The van der Waals surface area contributed by atoms with E-state index in [0.29, 0.717) is 13.1 Å². The second-order valence-electron chi connectivity index (χ2n) is 5.29. The molecule has 0 fully saturated rings. The average Bonchev–Trinajstić information content (AvgIpc) is 3.27. The molecule has 0 N–H and O–H groups in total. The van der Waals surface area contributed by atoms with E-state index in [4.69, 9.17) is 16.0 Å². The number of non-ortho nitro benzene ring substituents is 1. The van der Waals surface area contributed by atoms with E-state index in [0.717, 1.165) is 10.4 Å². The molecule has 8 heteroatoms. The molecule has 3 rings (SSSR count). The summed E-state index contributed by atoms with van der Waals surface area (Å²) in [7, 11) is 0. The predicted molar refractivity (Wildman–Crippen MR) is 94.7 cm³/mol. The third-order valence-electron chi connectivity index (χ3n) is 3.56. The molecule has 0 unspecified atom stereocenters. The van der Waals surface area contributed by atoms with E-state index in [1.54, 1.807) is 17.2 Å². The van der Waals surface area contributed by atoms with Crippen molar-refractivity contribution in [2.24, 2.45) is 0 Å². The molecular formula is C17H13ClN2O4S. The maximum atomic E-state index is 13.0. The number of nitro groups is 1. The zero-order valence-electron chi connectivity index (χ0n) is 12.9. The van der Waals surface area contributed by atoms with E-state index in [2.05, 4.69) is 0 Å². The molecule has 0 radical (unpaired) electrons. The minimum Gasteiger partial charge on any atom is -0.472 e. The first-order valence-electron chi connectivity index (χ1n) is 7.31. The molecular weight excluding hydrogens is 364 g/mol. The number of hydrogen-bond donors (Lipinski definition) is 0. The molecule has 0 saturated carbocycles. The summed E-state index contributed by atoms with van der Waals surface area (Å²) in [6.45, 7) is 0.687. The summed E-state index contributed by atoms with van der Waals surface area (Å²) >= 11 is 7.65. The molecule has 0 aliphatic carbocycles. The Balaban J connectivity index is 1.93. The number of nitro benzene ring substituents is 1. The fourth-order valence-corrected chi connectivity index (χ4v) is 3.27. The Morgan fingerprint density at radius 3 is 2.76 bits per heavy atom. The van der Waals surface area contributed by atoms with Crippen LogP contribution >= 0.6 is 22.9 Å². The summed E-state index contributed by atoms with van der Waals surface area (Å²) in [6.07, 6.45) is 3.09. The Morgan fingerprint density at radius 1 is 1.28 bits per heavy atom. The largest absolute Gasteiger partial charge is 0.472 e. The molecule has 0 aliphatic rings. The summed E-state index contributed by atoms with van der Waals surface area (Å²) < 4.78 is 5.06. The SMILES string of the molecule is O=C(c1cc([N+](=O)[O-])ccc1Cl)N(Cc1ccoc1)Cc1cccs1. The molecule has 0 bridgehead atoms. The monoisotopic (exact) mass is 376 g/mol. The van der Waals surface area contributed by atoms with Crippen molar-refractivity contribution in [1.82, 2.24) is 4.90 Å². The highest BCUT2D eigenvalue weighted by molar-refractivity contribution is 7.09. The zero-order valence-corrected chi connectivity index (χ0v) is 14.5. The van der Waals surface area contributed by atoms with Crippen molar-refractivity contribution in [2.75, 3.05) is 0 Å². The molecule has 0 saturated heterocycles. The van der Waals surface area contributed by atoms with Gasteiger partial charge in [0.2, 0.25) is 0 Å². The summed E-state index contributed by atoms with van der Waals surface area (Å²) in [5.74, 6) is -0.372. The van der Waals surface area contributed by atoms with Gasteiger partial charge in [0.1, 0.15) is 0 Å². The molecule has 128 valence electrons. The second-order valence-corrected chi connectivity index (χ2v) is 6.73. The van der Waals surface area contributed by atoms with Crippen LogP contribution in [0.15, 0.2) is 58.7 Å². The van der Waals surface area contributed by atoms with Crippen LogP contribution in [0.25, 0.3) is 0 Å². The van der Waals surface area contributed by atoms with Crippen molar-refractivity contribution < 1.29 is 14.1 Å². The molecule has 2 aromatic heterocycles. The number of hydrogen-bond acceptors (Lipinski definition) is 5. The Hall–Kier alpha value is -2.64. The number of benzene rings is 1. The Labute approximate surface area is 152 Å². The van der Waals surface area contributed by atoms with Gasteiger partial charge in [-0.15, -0.1) is 11.3 Å². The standard InChI is InChI=1S/C17H13ClN2O4S/c18-16-4-3-13(20(22)23)8-15(16)17(21)19(9-12-5-6-24-11-12)10-14-2-1-7-25-14/h1-8,11H,9-10H2. The van der Waals surface area contributed by atoms with Crippen LogP contribution in [0.4, 0.5) is 5.69 Å². The summed E-state index contributed by atoms with van der Waals surface area (Å²) in [5.41, 5.74) is 0.759. The number of carbonyl (C=O) groups excluding carboxylic acids is 1. The molecule has 3 aromatic rings. The van der Waals surface area contributed by atoms with Crippen LogP contribution in [0.1, 0.15) is 20.8 Å². The Kier molecular flexibility index (Phi) is 5.16. The Bertz CT molecular complexity index is 842. The normalized spacial score (nSPS) is 10.6. The van der Waals surface area contributed by atoms with Gasteiger partial charge in [0.25, 0.3) is 11.6 Å². The van der Waals surface area contributed by atoms with Gasteiger partial charge >= 0.3 is 0 Å². The first kappa shape index (κ1) is 17.2. The fourth-order valence-electron chi connectivity index (χ4n) is 2.35. The lowest BCUT2D eigenvalue weighted by Crippen LogP contribution is -2.30. The van der Waals surface area contributed by atoms with Crippen molar-refractivity contribution in [2.45, 2.75) is 13.1 Å². The van der Waals surface area contributed by atoms with Gasteiger partial charge in [-0.25, -0.2) is 0 Å². The van der Waals surface area contributed by atoms with E-state index >= 15 is 0 Å². The highest BCUT2D eigenvalue weighted by atomic mass is 35.5. The van der Waals surface area contributed by atoms with Crippen LogP contribution < -0.4 is 0 Å². The molecule has 1 amide bonds. The molecule has 2 heterocycles. The summed E-state index contributed by atoms with van der Waals surface area (Å²) in [5, 5.41) is 13.1. The van der Waals surface area contributed by atoms with Crippen molar-refractivity contribution in [3.05, 3.63) is 85.4 Å². The Morgan fingerprint density at radius 2 is 2.12 bits per heavy atom. The summed E-state index contributed by atoms with van der Waals surface area (Å²) in [6, 6.07) is 9.45. The van der Waals surface area contributed by atoms with E-state index in [1.807, 2.05) is 17.5 Å². The first-order valence-corrected chi connectivity index (χ1v) is 8.57. The van der Waals surface area contributed by atoms with Gasteiger partial charge in [0, 0.05) is 29.1 Å². The summed E-state index contributed by atoms with van der Waals surface area (Å²) in [4.78, 5) is 26.0. The van der Waals surface area contributed by atoms with Crippen molar-refractivity contribution in [1.29, 1.82) is 0 Å². The topological polar surface area (TPSA) is 76.6 Å². The number of rotatable bonds is 6. The molecule has 0 spiro atoms. The van der Waals surface area contributed by atoms with Crippen molar-refractivity contribution >= 4 is 34.5 Å². The number of nitrogens with zero attached hydrogens (tertiary/aromatic N) is 2. The minimum absolute atomic E-state index is 0.107. The highest BCUT2D eigenvalue weighted by Gasteiger charge is 2.22. The molecule has 25 heavy (non-hydrogen) atoms. The zero-order chi connectivity index (χ0) is 17.8. The van der Waals surface area contributed by atoms with Gasteiger partial charge in [0.05, 0.1) is 34.6 Å². The third-order valence-corrected chi connectivity index (χ3v) is 4.75. The molecule has 0 aliphatic heterocycles. The fraction of sp³-hybridized carbons (Fsp3) is 0.118. The predicted octanol–water partition coefficient (Wildman–Crippen LogP) is 4.75. The van der Waals surface area contributed by atoms with Crippen LogP contribution in [0.2, 0.25) is 5.02 Å². The van der Waals surface area contributed by atoms with Crippen molar-refractivity contribution in [3.63, 3.8) is 0 Å². The lowest BCUT2D eigenvalue weighted by molar-refractivity contribution is -0.384. The van der Waals surface area contributed by atoms with Gasteiger partial charge in [-0.3, -0.25) is 14.9 Å². The molecule has 6 nitrogen and oxygen atoms in total. The van der Waals surface area contributed by atoms with Gasteiger partial charge in [-0.1, -0.05) is 17.7 Å². The van der Waals surface area contributed by atoms with Crippen LogP contribution in [0.5, 0.6) is 0 Å². The average molecular weight is 377 g/mol. The smallest absolute Gasteiger partial charge is 0.270 e. The molecule has 0 atom stereocenters. The second kappa shape index (κ2) is 7.50. The van der Waals surface area contributed by atoms with Crippen LogP contribution in [0, 0.1) is 10.1 Å². The van der Waals surface area contributed by atoms with Crippen molar-refractivity contribution in [3.8, 4) is 0 Å². The van der Waals surface area contributed by atoms with E-state index < -0.39 is 4.92 Å². The van der Waals surface area contributed by atoms with E-state index in [-0.39, 0.29) is 22.2 Å². The van der Waals surface area contributed by atoms with Crippen LogP contribution in [-0.4, -0.2) is 15.7 Å². The maximum absolute atomic E-state index is 13.0. The first-order chi connectivity index (χ1) is 12.0. The number of amides is 1. The third kappa shape index (κ3) is 4.07. The number of halogens is 1. The highest BCUT2D eigenvalue weighted by Crippen LogP contribution is 2.25. The lowest BCUT2D eigenvalue weighted by atomic mass is 10.1. The van der Waals surface area contributed by atoms with E-state index in [1.165, 1.54) is 35.8 Å². The van der Waals surface area contributed by atoms with E-state index in [9.17, 15) is 14.9 Å². The van der Waals surface area contributed by atoms with Crippen LogP contribution in [0.3, 0.4) is 0 Å². The van der Waals surface area contributed by atoms with Gasteiger partial charge in [0.15, 0.2) is 0 Å². The van der Waals surface area contributed by atoms with Gasteiger partial charge in [-0.2, -0.15) is 0 Å². The number of carbonyl (C=O) groups is 1. The minimum atomic E-state index is -0.549. The quantitative estimate of drug-likeness (QED) is 0.459. The lowest BCUT2D eigenvalue weighted by Gasteiger charge is -2.22. The molecule has 1 aromatic carbocycles. The van der Waals surface area contributed by atoms with Gasteiger partial charge in [-0.05, 0) is 23.6 Å². The maximum Gasteiger partial charge on any atom is 0.270 e. The number of furan rings is 1.